The van der Waals surface area contributed by atoms with Gasteiger partial charge in [-0.2, -0.15) is 5.26 Å². The number of nitriles is 1. The van der Waals surface area contributed by atoms with Crippen molar-refractivity contribution in [2.45, 2.75) is 57.9 Å². The van der Waals surface area contributed by atoms with E-state index in [-0.39, 0.29) is 17.9 Å². The molecule has 1 saturated carbocycles. The number of nitrogens with zero attached hydrogens (tertiary/aromatic N) is 3. The molecule has 2 aromatic rings. The highest BCUT2D eigenvalue weighted by molar-refractivity contribution is 6.03. The first-order chi connectivity index (χ1) is 13.5. The fourth-order valence-electron chi connectivity index (χ4n) is 4.64. The minimum atomic E-state index is -0.362. The maximum absolute atomic E-state index is 12.8. The summed E-state index contributed by atoms with van der Waals surface area (Å²) in [5.74, 6) is 1.00. The van der Waals surface area contributed by atoms with Gasteiger partial charge in [-0.15, -0.1) is 0 Å². The van der Waals surface area contributed by atoms with Crippen molar-refractivity contribution >= 4 is 23.2 Å². The van der Waals surface area contributed by atoms with E-state index in [1.807, 2.05) is 19.9 Å². The summed E-state index contributed by atoms with van der Waals surface area (Å²) in [6.07, 6.45) is 6.79. The summed E-state index contributed by atoms with van der Waals surface area (Å²) in [7, 11) is 0. The number of aromatic nitrogens is 2. The van der Waals surface area contributed by atoms with E-state index in [4.69, 9.17) is 5.73 Å². The topological polar surface area (TPSA) is 117 Å². The van der Waals surface area contributed by atoms with Crippen molar-refractivity contribution in [1.82, 2.24) is 15.3 Å². The van der Waals surface area contributed by atoms with Crippen LogP contribution in [0.3, 0.4) is 0 Å². The molecule has 1 aliphatic heterocycles. The molecule has 1 fully saturated rings. The van der Waals surface area contributed by atoms with Crippen molar-refractivity contribution in [2.24, 2.45) is 0 Å². The van der Waals surface area contributed by atoms with Gasteiger partial charge in [-0.3, -0.25) is 4.79 Å². The van der Waals surface area contributed by atoms with E-state index in [1.54, 1.807) is 0 Å². The van der Waals surface area contributed by atoms with Gasteiger partial charge in [0.1, 0.15) is 18.0 Å². The van der Waals surface area contributed by atoms with Crippen LogP contribution in [0, 0.1) is 25.2 Å². The SMILES string of the molecule is Cc1cc(Nc2ncnc(N)c2C)c(CC#N)c2c1C(=O)NC21CCCCC1. The standard InChI is InChI=1S/C21H24N6O/c1-12-10-15(26-19-13(2)18(23)24-11-25-19)14(6-9-22)17-16(12)20(28)27-21(17)7-4-3-5-8-21/h10-11H,3-8H2,1-2H3,(H,27,28)(H3,23,24,25,26). The van der Waals surface area contributed by atoms with Gasteiger partial charge in [0.05, 0.1) is 18.0 Å². The van der Waals surface area contributed by atoms with Gasteiger partial charge in [-0.25, -0.2) is 9.97 Å². The van der Waals surface area contributed by atoms with Gasteiger partial charge in [0.25, 0.3) is 5.91 Å². The molecule has 1 aliphatic carbocycles. The molecule has 1 amide bonds. The fraction of sp³-hybridized carbons (Fsp3) is 0.429. The van der Waals surface area contributed by atoms with Crippen molar-refractivity contribution in [1.29, 1.82) is 5.26 Å². The average molecular weight is 376 g/mol. The van der Waals surface area contributed by atoms with Gasteiger partial charge < -0.3 is 16.4 Å². The molecule has 7 heteroatoms. The fourth-order valence-corrected chi connectivity index (χ4v) is 4.64. The maximum Gasteiger partial charge on any atom is 0.252 e. The quantitative estimate of drug-likeness (QED) is 0.756. The van der Waals surface area contributed by atoms with E-state index >= 15 is 0 Å². The van der Waals surface area contributed by atoms with Crippen LogP contribution in [0.25, 0.3) is 0 Å². The van der Waals surface area contributed by atoms with Gasteiger partial charge in [-0.05, 0) is 49.4 Å². The van der Waals surface area contributed by atoms with Crippen LogP contribution in [0.5, 0.6) is 0 Å². The van der Waals surface area contributed by atoms with Crippen LogP contribution in [0.15, 0.2) is 12.4 Å². The summed E-state index contributed by atoms with van der Waals surface area (Å²) in [4.78, 5) is 21.2. The Hall–Kier alpha value is -3.14. The largest absolute Gasteiger partial charge is 0.383 e. The van der Waals surface area contributed by atoms with E-state index in [2.05, 4.69) is 26.7 Å². The lowest BCUT2D eigenvalue weighted by atomic mass is 9.74. The Labute approximate surface area is 164 Å². The van der Waals surface area contributed by atoms with Crippen LogP contribution in [0.1, 0.15) is 64.7 Å². The highest BCUT2D eigenvalue weighted by Gasteiger charge is 2.46. The van der Waals surface area contributed by atoms with Crippen molar-refractivity contribution in [3.63, 3.8) is 0 Å². The summed E-state index contributed by atoms with van der Waals surface area (Å²) in [6.45, 7) is 3.80. The highest BCUT2D eigenvalue weighted by atomic mass is 16.2. The van der Waals surface area contributed by atoms with Crippen LogP contribution in [0.4, 0.5) is 17.3 Å². The summed E-state index contributed by atoms with van der Waals surface area (Å²) < 4.78 is 0. The monoisotopic (exact) mass is 376 g/mol. The van der Waals surface area contributed by atoms with Crippen molar-refractivity contribution in [3.05, 3.63) is 40.2 Å². The Bertz CT molecular complexity index is 1000. The molecule has 1 spiro atoms. The minimum Gasteiger partial charge on any atom is -0.383 e. The van der Waals surface area contributed by atoms with Crippen molar-refractivity contribution in [2.75, 3.05) is 11.1 Å². The molecular formula is C21H24N6O. The zero-order valence-corrected chi connectivity index (χ0v) is 16.2. The Morgan fingerprint density at radius 1 is 1.29 bits per heavy atom. The predicted octanol–water partition coefficient (Wildman–Crippen LogP) is 3.39. The molecule has 144 valence electrons. The third kappa shape index (κ3) is 2.76. The number of nitrogens with two attached hydrogens (primary N) is 1. The van der Waals surface area contributed by atoms with Gasteiger partial charge in [0.15, 0.2) is 0 Å². The molecule has 28 heavy (non-hydrogen) atoms. The number of amides is 1. The number of rotatable bonds is 3. The molecule has 4 N–H and O–H groups in total. The predicted molar refractivity (Wildman–Crippen MR) is 107 cm³/mol. The van der Waals surface area contributed by atoms with E-state index in [1.165, 1.54) is 12.7 Å². The van der Waals surface area contributed by atoms with Crippen LogP contribution in [-0.4, -0.2) is 15.9 Å². The molecule has 4 rings (SSSR count). The minimum absolute atomic E-state index is 0.0254. The molecule has 0 unspecified atom stereocenters. The molecule has 0 saturated heterocycles. The normalized spacial score (nSPS) is 17.1. The maximum atomic E-state index is 12.8. The Kier molecular flexibility index (Phi) is 4.42. The number of carbonyl (C=O) groups is 1. The van der Waals surface area contributed by atoms with E-state index in [9.17, 15) is 10.1 Å². The lowest BCUT2D eigenvalue weighted by molar-refractivity contribution is 0.0909. The third-order valence-electron chi connectivity index (χ3n) is 6.03. The second kappa shape index (κ2) is 6.79. The molecule has 0 radical (unpaired) electrons. The Morgan fingerprint density at radius 2 is 2.04 bits per heavy atom. The number of benzene rings is 1. The molecule has 7 nitrogen and oxygen atoms in total. The zero-order chi connectivity index (χ0) is 19.9. The lowest BCUT2D eigenvalue weighted by Crippen LogP contribution is -2.41. The van der Waals surface area contributed by atoms with Crippen LogP contribution >= 0.6 is 0 Å². The first kappa shape index (κ1) is 18.2. The molecule has 2 aliphatic rings. The number of hydrogen-bond donors (Lipinski definition) is 3. The molecule has 1 aromatic carbocycles. The number of nitrogen functional groups attached to an aromatic ring is 1. The molecule has 0 atom stereocenters. The number of fused-ring (bicyclic) bond motifs is 2. The third-order valence-corrected chi connectivity index (χ3v) is 6.03. The first-order valence-electron chi connectivity index (χ1n) is 9.67. The number of nitrogens with one attached hydrogen (secondary N) is 2. The zero-order valence-electron chi connectivity index (χ0n) is 16.2. The first-order valence-corrected chi connectivity index (χ1v) is 9.67. The summed E-state index contributed by atoms with van der Waals surface area (Å²) >= 11 is 0. The highest BCUT2D eigenvalue weighted by Crippen LogP contribution is 2.47. The summed E-state index contributed by atoms with van der Waals surface area (Å²) in [6, 6.07) is 4.22. The Morgan fingerprint density at radius 3 is 2.75 bits per heavy atom. The van der Waals surface area contributed by atoms with E-state index in [0.29, 0.717) is 11.6 Å². The van der Waals surface area contributed by atoms with E-state index < -0.39 is 0 Å². The average Bonchev–Trinajstić information content (AvgIpc) is 2.95. The van der Waals surface area contributed by atoms with Crippen LogP contribution in [-0.2, 0) is 12.0 Å². The lowest BCUT2D eigenvalue weighted by Gasteiger charge is -2.36. The summed E-state index contributed by atoms with van der Waals surface area (Å²) in [5, 5.41) is 16.2. The molecular weight excluding hydrogens is 352 g/mol. The van der Waals surface area contributed by atoms with Crippen molar-refractivity contribution < 1.29 is 4.79 Å². The van der Waals surface area contributed by atoms with E-state index in [0.717, 1.165) is 59.2 Å². The van der Waals surface area contributed by atoms with Crippen LogP contribution < -0.4 is 16.4 Å². The van der Waals surface area contributed by atoms with Gasteiger partial charge in [0.2, 0.25) is 0 Å². The molecule has 2 heterocycles. The number of aryl methyl sites for hydroxylation is 1. The second-order valence-electron chi connectivity index (χ2n) is 7.76. The van der Waals surface area contributed by atoms with Gasteiger partial charge in [0, 0.05) is 16.8 Å². The second-order valence-corrected chi connectivity index (χ2v) is 7.76. The molecule has 0 bridgehead atoms. The van der Waals surface area contributed by atoms with Gasteiger partial charge >= 0.3 is 0 Å². The number of carbonyl (C=O) groups excluding carboxylic acids is 1. The molecule has 1 aromatic heterocycles. The Balaban J connectivity index is 1.91. The number of hydrogen-bond acceptors (Lipinski definition) is 6. The van der Waals surface area contributed by atoms with Crippen molar-refractivity contribution in [3.8, 4) is 6.07 Å². The van der Waals surface area contributed by atoms with Gasteiger partial charge in [-0.1, -0.05) is 19.3 Å². The summed E-state index contributed by atoms with van der Waals surface area (Å²) in [5.41, 5.74) is 10.6. The van der Waals surface area contributed by atoms with Crippen LogP contribution in [0.2, 0.25) is 0 Å². The smallest absolute Gasteiger partial charge is 0.252 e. The number of anilines is 3.